The van der Waals surface area contributed by atoms with E-state index in [1.807, 2.05) is 6.92 Å². The normalized spacial score (nSPS) is 17.4. The number of nitrogens with one attached hydrogen (secondary N) is 1. The van der Waals surface area contributed by atoms with Gasteiger partial charge in [-0.25, -0.2) is 17.5 Å². The molecule has 0 spiro atoms. The molecule has 106 valence electrons. The summed E-state index contributed by atoms with van der Waals surface area (Å²) in [6.07, 6.45) is 3.89. The minimum Gasteiger partial charge on any atom is -0.398 e. The van der Waals surface area contributed by atoms with Gasteiger partial charge in [0.15, 0.2) is 0 Å². The number of halogens is 1. The number of anilines is 1. The molecule has 0 radical (unpaired) electrons. The monoisotopic (exact) mass is 286 g/mol. The minimum absolute atomic E-state index is 0.0650. The van der Waals surface area contributed by atoms with E-state index >= 15 is 0 Å². The Morgan fingerprint density at radius 3 is 2.74 bits per heavy atom. The first-order valence-corrected chi connectivity index (χ1v) is 7.98. The van der Waals surface area contributed by atoms with Crippen molar-refractivity contribution >= 4 is 15.7 Å². The lowest BCUT2D eigenvalue weighted by Gasteiger charge is -2.17. The van der Waals surface area contributed by atoms with Crippen molar-refractivity contribution in [2.45, 2.75) is 43.5 Å². The Balaban J connectivity index is 2.18. The Hall–Kier alpha value is -1.14. The minimum atomic E-state index is -3.76. The van der Waals surface area contributed by atoms with Crippen LogP contribution < -0.4 is 10.5 Å². The lowest BCUT2D eigenvalue weighted by atomic mass is 10.1. The van der Waals surface area contributed by atoms with E-state index in [-0.39, 0.29) is 16.6 Å². The topological polar surface area (TPSA) is 72.2 Å². The highest BCUT2D eigenvalue weighted by molar-refractivity contribution is 7.89. The molecule has 1 aliphatic rings. The predicted molar refractivity (Wildman–Crippen MR) is 72.6 cm³/mol. The summed E-state index contributed by atoms with van der Waals surface area (Å²) in [5, 5.41) is 0. The maximum absolute atomic E-state index is 13.2. The zero-order valence-corrected chi connectivity index (χ0v) is 11.7. The van der Waals surface area contributed by atoms with Gasteiger partial charge in [-0.05, 0) is 37.0 Å². The fourth-order valence-electron chi connectivity index (χ4n) is 2.08. The number of sulfonamides is 1. The molecule has 2 rings (SSSR count). The van der Waals surface area contributed by atoms with Crippen LogP contribution in [0.3, 0.4) is 0 Å². The summed E-state index contributed by atoms with van der Waals surface area (Å²) in [5.41, 5.74) is 5.69. The maximum atomic E-state index is 13.2. The largest absolute Gasteiger partial charge is 0.398 e. The number of hydrogen-bond acceptors (Lipinski definition) is 3. The van der Waals surface area contributed by atoms with Crippen LogP contribution in [-0.4, -0.2) is 14.5 Å². The van der Waals surface area contributed by atoms with E-state index in [1.54, 1.807) is 0 Å². The molecule has 0 heterocycles. The SMILES string of the molecule is CCC(CC1CC1)NS(=O)(=O)c1cc(F)ccc1N. The van der Waals surface area contributed by atoms with E-state index in [1.165, 1.54) is 18.9 Å². The van der Waals surface area contributed by atoms with Gasteiger partial charge in [-0.1, -0.05) is 19.8 Å². The highest BCUT2D eigenvalue weighted by atomic mass is 32.2. The second-order valence-corrected chi connectivity index (χ2v) is 6.77. The summed E-state index contributed by atoms with van der Waals surface area (Å²) in [7, 11) is -3.76. The fraction of sp³-hybridized carbons (Fsp3) is 0.538. The van der Waals surface area contributed by atoms with Gasteiger partial charge >= 0.3 is 0 Å². The molecule has 0 saturated heterocycles. The van der Waals surface area contributed by atoms with Gasteiger partial charge in [0.1, 0.15) is 10.7 Å². The van der Waals surface area contributed by atoms with Crippen LogP contribution in [0.4, 0.5) is 10.1 Å². The number of rotatable bonds is 6. The van der Waals surface area contributed by atoms with Crippen LogP contribution in [0.1, 0.15) is 32.6 Å². The van der Waals surface area contributed by atoms with Gasteiger partial charge in [0.05, 0.1) is 5.69 Å². The van der Waals surface area contributed by atoms with Crippen molar-refractivity contribution in [2.24, 2.45) is 5.92 Å². The molecular formula is C13H19FN2O2S. The Bertz CT molecular complexity index is 556. The van der Waals surface area contributed by atoms with Crippen molar-refractivity contribution < 1.29 is 12.8 Å². The summed E-state index contributed by atoms with van der Waals surface area (Å²) in [6, 6.07) is 3.27. The average Bonchev–Trinajstić information content (AvgIpc) is 3.15. The third-order valence-corrected chi connectivity index (χ3v) is 4.97. The molecular weight excluding hydrogens is 267 g/mol. The molecule has 1 unspecified atom stereocenters. The number of hydrogen-bond donors (Lipinski definition) is 2. The molecule has 3 N–H and O–H groups in total. The number of nitrogens with two attached hydrogens (primary N) is 1. The van der Waals surface area contributed by atoms with E-state index in [4.69, 9.17) is 5.73 Å². The number of benzene rings is 1. The molecule has 4 nitrogen and oxygen atoms in total. The van der Waals surface area contributed by atoms with Crippen molar-refractivity contribution in [1.29, 1.82) is 0 Å². The van der Waals surface area contributed by atoms with Gasteiger partial charge in [-0.3, -0.25) is 0 Å². The van der Waals surface area contributed by atoms with E-state index in [2.05, 4.69) is 4.72 Å². The smallest absolute Gasteiger partial charge is 0.242 e. The van der Waals surface area contributed by atoms with Gasteiger partial charge in [0.2, 0.25) is 10.0 Å². The standard InChI is InChI=1S/C13H19FN2O2S/c1-2-11(7-9-3-4-9)16-19(17,18)13-8-10(14)5-6-12(13)15/h5-6,8-9,11,16H,2-4,7,15H2,1H3. The zero-order chi connectivity index (χ0) is 14.0. The van der Waals surface area contributed by atoms with Crippen molar-refractivity contribution in [3.05, 3.63) is 24.0 Å². The zero-order valence-electron chi connectivity index (χ0n) is 10.9. The molecule has 1 aliphatic carbocycles. The Labute approximate surface area is 113 Å². The quantitative estimate of drug-likeness (QED) is 0.788. The van der Waals surface area contributed by atoms with Gasteiger partial charge in [-0.2, -0.15) is 0 Å². The van der Waals surface area contributed by atoms with Crippen LogP contribution in [-0.2, 0) is 10.0 Å². The van der Waals surface area contributed by atoms with Crippen molar-refractivity contribution in [3.63, 3.8) is 0 Å². The van der Waals surface area contributed by atoms with Gasteiger partial charge in [-0.15, -0.1) is 0 Å². The van der Waals surface area contributed by atoms with Gasteiger partial charge in [0, 0.05) is 6.04 Å². The molecule has 0 amide bonds. The lowest BCUT2D eigenvalue weighted by Crippen LogP contribution is -2.35. The first-order chi connectivity index (χ1) is 8.92. The Morgan fingerprint density at radius 2 is 2.16 bits per heavy atom. The molecule has 0 aliphatic heterocycles. The second-order valence-electron chi connectivity index (χ2n) is 5.09. The summed E-state index contributed by atoms with van der Waals surface area (Å²) in [5.74, 6) is 0.0160. The highest BCUT2D eigenvalue weighted by Gasteiger charge is 2.28. The third-order valence-electron chi connectivity index (χ3n) is 3.39. The van der Waals surface area contributed by atoms with Crippen LogP contribution in [0.5, 0.6) is 0 Å². The van der Waals surface area contributed by atoms with Crippen LogP contribution in [0.2, 0.25) is 0 Å². The fourth-order valence-corrected chi connectivity index (χ4v) is 3.55. The van der Waals surface area contributed by atoms with Crippen LogP contribution in [0.15, 0.2) is 23.1 Å². The lowest BCUT2D eigenvalue weighted by molar-refractivity contribution is 0.495. The first-order valence-electron chi connectivity index (χ1n) is 6.49. The highest BCUT2D eigenvalue weighted by Crippen LogP contribution is 2.34. The van der Waals surface area contributed by atoms with E-state index in [9.17, 15) is 12.8 Å². The third kappa shape index (κ3) is 3.67. The maximum Gasteiger partial charge on any atom is 0.242 e. The van der Waals surface area contributed by atoms with Crippen LogP contribution in [0, 0.1) is 11.7 Å². The molecule has 0 aromatic heterocycles. The Kier molecular flexibility index (Phi) is 4.10. The number of nitrogen functional groups attached to an aromatic ring is 1. The first kappa shape index (κ1) is 14.3. The van der Waals surface area contributed by atoms with Crippen LogP contribution in [0.25, 0.3) is 0 Å². The molecule has 1 atom stereocenters. The molecule has 1 fully saturated rings. The van der Waals surface area contributed by atoms with Gasteiger partial charge in [0.25, 0.3) is 0 Å². The summed E-state index contributed by atoms with van der Waals surface area (Å²) in [6.45, 7) is 1.94. The van der Waals surface area contributed by atoms with Crippen molar-refractivity contribution in [1.82, 2.24) is 4.72 Å². The molecule has 1 aromatic carbocycles. The second kappa shape index (κ2) is 5.46. The summed E-state index contributed by atoms with van der Waals surface area (Å²) >= 11 is 0. The molecule has 1 saturated carbocycles. The van der Waals surface area contributed by atoms with Crippen molar-refractivity contribution in [3.8, 4) is 0 Å². The molecule has 1 aromatic rings. The summed E-state index contributed by atoms with van der Waals surface area (Å²) in [4.78, 5) is -0.179. The predicted octanol–water partition coefficient (Wildman–Crippen LogP) is 2.26. The summed E-state index contributed by atoms with van der Waals surface area (Å²) < 4.78 is 40.2. The van der Waals surface area contributed by atoms with E-state index in [0.29, 0.717) is 12.3 Å². The average molecular weight is 286 g/mol. The van der Waals surface area contributed by atoms with E-state index in [0.717, 1.165) is 18.6 Å². The van der Waals surface area contributed by atoms with E-state index < -0.39 is 15.8 Å². The van der Waals surface area contributed by atoms with Gasteiger partial charge < -0.3 is 5.73 Å². The molecule has 6 heteroatoms. The van der Waals surface area contributed by atoms with Crippen molar-refractivity contribution in [2.75, 3.05) is 5.73 Å². The van der Waals surface area contributed by atoms with Crippen LogP contribution >= 0.6 is 0 Å². The molecule has 19 heavy (non-hydrogen) atoms. The Morgan fingerprint density at radius 1 is 1.47 bits per heavy atom. The molecule has 0 bridgehead atoms.